The average Bonchev–Trinajstić information content (AvgIpc) is 2.89. The fourth-order valence-corrected chi connectivity index (χ4v) is 2.42. The maximum atomic E-state index is 2.38. The molecule has 0 spiro atoms. The molecule has 18 heavy (non-hydrogen) atoms. The first-order chi connectivity index (χ1) is 8.43. The van der Waals surface area contributed by atoms with Crippen molar-refractivity contribution < 1.29 is 0 Å². The Balaban J connectivity index is 0.000000307. The topological polar surface area (TPSA) is 0 Å². The molecule has 0 saturated carbocycles. The first kappa shape index (κ1) is 19.0. The molecule has 0 atom stereocenters. The second-order valence-electron chi connectivity index (χ2n) is 5.42. The Morgan fingerprint density at radius 3 is 1.11 bits per heavy atom. The molecular formula is C14H26S2Sn2. The van der Waals surface area contributed by atoms with Crippen LogP contribution >= 0.6 is 22.7 Å². The van der Waals surface area contributed by atoms with Crippen LogP contribution in [0.3, 0.4) is 0 Å². The monoisotopic (exact) mass is 498 g/mol. The molecule has 0 bridgehead atoms. The molecule has 0 saturated heterocycles. The summed E-state index contributed by atoms with van der Waals surface area (Å²) in [6, 6.07) is 8.46. The molecule has 0 aliphatic heterocycles. The second kappa shape index (κ2) is 11.8. The standard InChI is InChI=1S/C8H6S2.6CH3.2Sn.2H/c1-3-7(9-5-1)8-4-2-6-10-8;;;;;;;;;;/h1-6H;6*1H3;;;;. The van der Waals surface area contributed by atoms with Crippen LogP contribution in [0.5, 0.6) is 0 Å². The number of hydrogen-bond donors (Lipinski definition) is 0. The Labute approximate surface area is 135 Å². The van der Waals surface area contributed by atoms with Crippen LogP contribution in [0.1, 0.15) is 0 Å². The summed E-state index contributed by atoms with van der Waals surface area (Å²) in [6.07, 6.45) is 0. The summed E-state index contributed by atoms with van der Waals surface area (Å²) in [7, 11) is 0. The van der Waals surface area contributed by atoms with E-state index in [1.54, 1.807) is 22.7 Å². The molecule has 0 aliphatic rings. The van der Waals surface area contributed by atoms with E-state index >= 15 is 0 Å². The van der Waals surface area contributed by atoms with E-state index in [2.05, 4.69) is 64.7 Å². The quantitative estimate of drug-likeness (QED) is 0.446. The zero-order valence-electron chi connectivity index (χ0n) is 12.4. The van der Waals surface area contributed by atoms with Crippen molar-refractivity contribution in [3.63, 3.8) is 0 Å². The van der Waals surface area contributed by atoms with E-state index in [-0.39, 0.29) is 0 Å². The average molecular weight is 496 g/mol. The SMILES string of the molecule is [CH3][SnH]([CH3])[CH3].[CH3][SnH]([CH3])[CH3].c1csc(-c2cccs2)c1. The van der Waals surface area contributed by atoms with Crippen molar-refractivity contribution in [1.29, 1.82) is 0 Å². The number of thiophene rings is 2. The van der Waals surface area contributed by atoms with Crippen molar-refractivity contribution in [1.82, 2.24) is 0 Å². The van der Waals surface area contributed by atoms with Crippen molar-refractivity contribution in [2.45, 2.75) is 29.6 Å². The zero-order valence-corrected chi connectivity index (χ0v) is 20.7. The first-order valence-electron chi connectivity index (χ1n) is 6.50. The zero-order chi connectivity index (χ0) is 14.0. The van der Waals surface area contributed by atoms with Gasteiger partial charge in [-0.1, -0.05) is 12.1 Å². The minimum Gasteiger partial charge on any atom is -0.143 e. The third-order valence-electron chi connectivity index (χ3n) is 1.29. The summed E-state index contributed by atoms with van der Waals surface area (Å²) in [5.74, 6) is 0. The van der Waals surface area contributed by atoms with E-state index in [1.165, 1.54) is 9.75 Å². The predicted molar refractivity (Wildman–Crippen MR) is 97.1 cm³/mol. The van der Waals surface area contributed by atoms with Gasteiger partial charge in [0, 0.05) is 9.75 Å². The van der Waals surface area contributed by atoms with Gasteiger partial charge in [-0.2, -0.15) is 0 Å². The summed E-state index contributed by atoms with van der Waals surface area (Å²) >= 11 is 2.31. The van der Waals surface area contributed by atoms with Crippen LogP contribution in [0.4, 0.5) is 0 Å². The molecule has 0 N–H and O–H groups in total. The van der Waals surface area contributed by atoms with Crippen LogP contribution in [0.25, 0.3) is 9.75 Å². The molecule has 2 rings (SSSR count). The summed E-state index contributed by atoms with van der Waals surface area (Å²) in [4.78, 5) is 17.0. The number of rotatable bonds is 1. The van der Waals surface area contributed by atoms with Crippen LogP contribution in [-0.4, -0.2) is 39.5 Å². The van der Waals surface area contributed by atoms with Gasteiger partial charge in [0.15, 0.2) is 0 Å². The maximum Gasteiger partial charge on any atom is 0.0442 e. The summed E-state index contributed by atoms with van der Waals surface area (Å²) in [5.41, 5.74) is 0. The van der Waals surface area contributed by atoms with Crippen molar-refractivity contribution >= 4 is 62.2 Å². The van der Waals surface area contributed by atoms with Gasteiger partial charge in [0.1, 0.15) is 0 Å². The summed E-state index contributed by atoms with van der Waals surface area (Å²) < 4.78 is 0. The molecule has 0 amide bonds. The third-order valence-corrected chi connectivity index (χ3v) is 3.22. The fraction of sp³-hybridized carbons (Fsp3) is 0.429. The minimum absolute atomic E-state index is 0.637. The first-order valence-corrected chi connectivity index (χ1v) is 28.0. The van der Waals surface area contributed by atoms with Gasteiger partial charge in [0.25, 0.3) is 0 Å². The van der Waals surface area contributed by atoms with Gasteiger partial charge >= 0.3 is 69.2 Å². The summed E-state index contributed by atoms with van der Waals surface area (Å²) in [6.45, 7) is 0. The van der Waals surface area contributed by atoms with Gasteiger partial charge in [0.05, 0.1) is 0 Å². The normalized spacial score (nSPS) is 9.56. The Hall–Kier alpha value is 0.997. The van der Waals surface area contributed by atoms with E-state index in [1.807, 2.05) is 0 Å². The Morgan fingerprint density at radius 1 is 0.667 bits per heavy atom. The van der Waals surface area contributed by atoms with Crippen LogP contribution in [0.2, 0.25) is 29.6 Å². The second-order valence-corrected chi connectivity index (χ2v) is 27.1. The van der Waals surface area contributed by atoms with Gasteiger partial charge in [-0.05, 0) is 22.9 Å². The fourth-order valence-electron chi connectivity index (χ4n) is 0.838. The Morgan fingerprint density at radius 2 is 0.944 bits per heavy atom. The molecule has 0 nitrogen and oxygen atoms in total. The molecule has 0 aliphatic carbocycles. The van der Waals surface area contributed by atoms with E-state index in [0.717, 1.165) is 0 Å². The molecule has 0 radical (unpaired) electrons. The molecule has 0 aromatic carbocycles. The molecule has 2 heterocycles. The third kappa shape index (κ3) is 12.1. The van der Waals surface area contributed by atoms with E-state index in [4.69, 9.17) is 0 Å². The molecule has 102 valence electrons. The predicted octanol–water partition coefficient (Wildman–Crippen LogP) is 5.68. The van der Waals surface area contributed by atoms with Gasteiger partial charge in [0.2, 0.25) is 0 Å². The molecule has 2 aromatic rings. The van der Waals surface area contributed by atoms with Gasteiger partial charge in [-0.3, -0.25) is 0 Å². The van der Waals surface area contributed by atoms with Crippen LogP contribution in [0.15, 0.2) is 35.0 Å². The summed E-state index contributed by atoms with van der Waals surface area (Å²) in [5, 5.41) is 4.21. The van der Waals surface area contributed by atoms with Gasteiger partial charge in [-0.25, -0.2) is 0 Å². The minimum atomic E-state index is -0.637. The van der Waals surface area contributed by atoms with Crippen molar-refractivity contribution in [2.24, 2.45) is 0 Å². The van der Waals surface area contributed by atoms with Gasteiger partial charge < -0.3 is 0 Å². The van der Waals surface area contributed by atoms with Crippen LogP contribution in [0, 0.1) is 0 Å². The van der Waals surface area contributed by atoms with Crippen LogP contribution < -0.4 is 0 Å². The van der Waals surface area contributed by atoms with Crippen molar-refractivity contribution in [3.8, 4) is 9.75 Å². The van der Waals surface area contributed by atoms with E-state index in [0.29, 0.717) is 0 Å². The molecule has 0 unspecified atom stereocenters. The number of hydrogen-bond acceptors (Lipinski definition) is 2. The van der Waals surface area contributed by atoms with Crippen molar-refractivity contribution in [2.75, 3.05) is 0 Å². The molecule has 0 fully saturated rings. The van der Waals surface area contributed by atoms with E-state index < -0.39 is 39.5 Å². The molecule has 4 heteroatoms. The Bertz CT molecular complexity index is 321. The molecule has 2 aromatic heterocycles. The van der Waals surface area contributed by atoms with Crippen molar-refractivity contribution in [3.05, 3.63) is 35.0 Å². The largest absolute Gasteiger partial charge is 0.143 e. The molecular weight excluding hydrogens is 470 g/mol. The van der Waals surface area contributed by atoms with Gasteiger partial charge in [-0.15, -0.1) is 22.7 Å². The van der Waals surface area contributed by atoms with Crippen LogP contribution in [-0.2, 0) is 0 Å². The maximum absolute atomic E-state index is 2.38. The van der Waals surface area contributed by atoms with E-state index in [9.17, 15) is 0 Å². The smallest absolute Gasteiger partial charge is 0.0442 e. The Kier molecular flexibility index (Phi) is 12.4.